The van der Waals surface area contributed by atoms with Crippen LogP contribution in [0.15, 0.2) is 6.07 Å². The van der Waals surface area contributed by atoms with Crippen LogP contribution < -0.4 is 10.2 Å². The maximum atomic E-state index is 4.60. The Bertz CT molecular complexity index is 370. The molecule has 5 heteroatoms. The highest BCUT2D eigenvalue weighted by atomic mass is 32.2. The smallest absolute Gasteiger partial charge is 0.134 e. The summed E-state index contributed by atoms with van der Waals surface area (Å²) in [7, 11) is 2.10. The van der Waals surface area contributed by atoms with Crippen molar-refractivity contribution in [3.8, 4) is 0 Å². The highest BCUT2D eigenvalue weighted by Gasteiger charge is 2.13. The third-order valence-corrected chi connectivity index (χ3v) is 3.68. The first-order chi connectivity index (χ1) is 8.62. The van der Waals surface area contributed by atoms with Gasteiger partial charge in [0, 0.05) is 37.9 Å². The fraction of sp³-hybridized carbons (Fsp3) is 0.692. The molecule has 102 valence electrons. The molecule has 1 unspecified atom stereocenters. The Balaban J connectivity index is 2.95. The van der Waals surface area contributed by atoms with Crippen molar-refractivity contribution in [2.75, 3.05) is 35.8 Å². The lowest BCUT2D eigenvalue weighted by molar-refractivity contribution is 0.745. The number of nitrogens with one attached hydrogen (secondary N) is 1. The average Bonchev–Trinajstić information content (AvgIpc) is 2.38. The van der Waals surface area contributed by atoms with Gasteiger partial charge in [-0.15, -0.1) is 0 Å². The molecule has 1 aromatic rings. The van der Waals surface area contributed by atoms with Crippen LogP contribution in [0.5, 0.6) is 0 Å². The van der Waals surface area contributed by atoms with E-state index in [9.17, 15) is 0 Å². The van der Waals surface area contributed by atoms with Crippen LogP contribution in [0.25, 0.3) is 0 Å². The van der Waals surface area contributed by atoms with Crippen LogP contribution in [0.4, 0.5) is 11.6 Å². The molecular weight excluding hydrogens is 244 g/mol. The molecule has 1 N–H and O–H groups in total. The van der Waals surface area contributed by atoms with E-state index in [4.69, 9.17) is 0 Å². The van der Waals surface area contributed by atoms with Gasteiger partial charge in [0.25, 0.3) is 0 Å². The normalized spacial score (nSPS) is 12.3. The first kappa shape index (κ1) is 15.1. The lowest BCUT2D eigenvalue weighted by Gasteiger charge is -2.26. The molecule has 0 saturated carbocycles. The first-order valence-electron chi connectivity index (χ1n) is 6.45. The van der Waals surface area contributed by atoms with E-state index in [-0.39, 0.29) is 0 Å². The van der Waals surface area contributed by atoms with Gasteiger partial charge in [-0.2, -0.15) is 11.8 Å². The minimum atomic E-state index is 0.467. The Labute approximate surface area is 115 Å². The van der Waals surface area contributed by atoms with E-state index in [1.807, 2.05) is 17.8 Å². The van der Waals surface area contributed by atoms with Gasteiger partial charge >= 0.3 is 0 Å². The molecule has 0 fully saturated rings. The molecule has 1 heterocycles. The van der Waals surface area contributed by atoms with Crippen LogP contribution in [0.1, 0.15) is 26.6 Å². The maximum absolute atomic E-state index is 4.60. The first-order valence-corrected chi connectivity index (χ1v) is 7.85. The monoisotopic (exact) mass is 268 g/mol. The highest BCUT2D eigenvalue weighted by Crippen LogP contribution is 2.18. The van der Waals surface area contributed by atoms with E-state index < -0.39 is 0 Å². The van der Waals surface area contributed by atoms with Crippen molar-refractivity contribution < 1.29 is 0 Å². The molecule has 1 atom stereocenters. The van der Waals surface area contributed by atoms with E-state index in [0.29, 0.717) is 6.04 Å². The molecule has 0 radical (unpaired) electrons. The van der Waals surface area contributed by atoms with Gasteiger partial charge in [-0.1, -0.05) is 6.92 Å². The molecule has 18 heavy (non-hydrogen) atoms. The zero-order chi connectivity index (χ0) is 13.5. The number of thioether (sulfide) groups is 1. The third-order valence-electron chi connectivity index (χ3n) is 2.86. The second-order valence-electron chi connectivity index (χ2n) is 4.33. The van der Waals surface area contributed by atoms with Crippen molar-refractivity contribution in [2.45, 2.75) is 33.2 Å². The Morgan fingerprint density at radius 3 is 2.67 bits per heavy atom. The second-order valence-corrected chi connectivity index (χ2v) is 5.24. The predicted molar refractivity (Wildman–Crippen MR) is 81.8 cm³/mol. The molecule has 0 spiro atoms. The minimum Gasteiger partial charge on any atom is -0.370 e. The Kier molecular flexibility index (Phi) is 6.25. The molecule has 0 aliphatic heterocycles. The Hall–Kier alpha value is -0.970. The van der Waals surface area contributed by atoms with Gasteiger partial charge in [0.05, 0.1) is 0 Å². The summed E-state index contributed by atoms with van der Waals surface area (Å²) in [5.74, 6) is 3.91. The van der Waals surface area contributed by atoms with E-state index >= 15 is 0 Å². The van der Waals surface area contributed by atoms with Crippen molar-refractivity contribution in [2.24, 2.45) is 0 Å². The van der Waals surface area contributed by atoms with Gasteiger partial charge in [0.1, 0.15) is 17.5 Å². The number of aromatic nitrogens is 2. The molecular formula is C13H24N4S. The van der Waals surface area contributed by atoms with E-state index in [1.165, 1.54) is 0 Å². The number of hydrogen-bond donors (Lipinski definition) is 1. The highest BCUT2D eigenvalue weighted by molar-refractivity contribution is 7.98. The van der Waals surface area contributed by atoms with Crippen molar-refractivity contribution in [1.29, 1.82) is 0 Å². The standard InChI is InChI=1S/C13H24N4S/c1-6-11-15-12(14-7-2)8-13(16-11)17(4)10(3)9-18-5/h8,10H,6-7,9H2,1-5H3,(H,14,15,16). The lowest BCUT2D eigenvalue weighted by Crippen LogP contribution is -2.32. The molecule has 0 bridgehead atoms. The Morgan fingerprint density at radius 2 is 2.11 bits per heavy atom. The van der Waals surface area contributed by atoms with E-state index in [0.717, 1.165) is 36.2 Å². The molecule has 0 aliphatic carbocycles. The van der Waals surface area contributed by atoms with Crippen LogP contribution in [-0.4, -0.2) is 41.6 Å². The van der Waals surface area contributed by atoms with Gasteiger partial charge in [0.15, 0.2) is 0 Å². The third kappa shape index (κ3) is 4.05. The SMILES string of the molecule is CCNc1cc(N(C)C(C)CSC)nc(CC)n1. The van der Waals surface area contributed by atoms with Crippen LogP contribution >= 0.6 is 11.8 Å². The molecule has 0 aliphatic rings. The molecule has 0 aromatic carbocycles. The zero-order valence-electron chi connectivity index (χ0n) is 12.0. The average molecular weight is 268 g/mol. The van der Waals surface area contributed by atoms with Crippen LogP contribution in [0.2, 0.25) is 0 Å². The Morgan fingerprint density at radius 1 is 1.39 bits per heavy atom. The van der Waals surface area contributed by atoms with Crippen molar-refractivity contribution in [3.63, 3.8) is 0 Å². The number of aryl methyl sites for hydroxylation is 1. The van der Waals surface area contributed by atoms with Crippen LogP contribution in [-0.2, 0) is 6.42 Å². The maximum Gasteiger partial charge on any atom is 0.134 e. The molecule has 4 nitrogen and oxygen atoms in total. The quantitative estimate of drug-likeness (QED) is 0.823. The zero-order valence-corrected chi connectivity index (χ0v) is 12.8. The minimum absolute atomic E-state index is 0.467. The molecule has 0 saturated heterocycles. The molecule has 1 rings (SSSR count). The lowest BCUT2D eigenvalue weighted by atomic mass is 10.3. The van der Waals surface area contributed by atoms with Gasteiger partial charge in [-0.3, -0.25) is 0 Å². The fourth-order valence-corrected chi connectivity index (χ4v) is 2.38. The van der Waals surface area contributed by atoms with Crippen molar-refractivity contribution >= 4 is 23.4 Å². The summed E-state index contributed by atoms with van der Waals surface area (Å²) in [4.78, 5) is 11.3. The van der Waals surface area contributed by atoms with Crippen LogP contribution in [0, 0.1) is 0 Å². The topological polar surface area (TPSA) is 41.0 Å². The summed E-state index contributed by atoms with van der Waals surface area (Å²) < 4.78 is 0. The van der Waals surface area contributed by atoms with Gasteiger partial charge in [-0.25, -0.2) is 9.97 Å². The summed E-state index contributed by atoms with van der Waals surface area (Å²) in [5, 5.41) is 3.27. The van der Waals surface area contributed by atoms with Gasteiger partial charge in [-0.05, 0) is 20.1 Å². The van der Waals surface area contributed by atoms with Gasteiger partial charge in [0.2, 0.25) is 0 Å². The summed E-state index contributed by atoms with van der Waals surface area (Å²) in [6, 6.07) is 2.49. The molecule has 1 aromatic heterocycles. The van der Waals surface area contributed by atoms with Crippen molar-refractivity contribution in [3.05, 3.63) is 11.9 Å². The largest absolute Gasteiger partial charge is 0.370 e. The second kappa shape index (κ2) is 7.46. The van der Waals surface area contributed by atoms with Gasteiger partial charge < -0.3 is 10.2 Å². The molecule has 0 amide bonds. The van der Waals surface area contributed by atoms with Crippen LogP contribution in [0.3, 0.4) is 0 Å². The fourth-order valence-electron chi connectivity index (χ4n) is 1.67. The number of anilines is 2. The number of hydrogen-bond acceptors (Lipinski definition) is 5. The summed E-state index contributed by atoms with van der Waals surface area (Å²) in [6.07, 6.45) is 2.99. The number of nitrogens with zero attached hydrogens (tertiary/aromatic N) is 3. The predicted octanol–water partition coefficient (Wildman–Crippen LogP) is 2.66. The van der Waals surface area contributed by atoms with E-state index in [2.05, 4.69) is 54.3 Å². The summed E-state index contributed by atoms with van der Waals surface area (Å²) >= 11 is 1.86. The van der Waals surface area contributed by atoms with Crippen molar-refractivity contribution in [1.82, 2.24) is 9.97 Å². The number of rotatable bonds is 7. The van der Waals surface area contributed by atoms with E-state index in [1.54, 1.807) is 0 Å². The summed E-state index contributed by atoms with van der Waals surface area (Å²) in [6.45, 7) is 7.26. The summed E-state index contributed by atoms with van der Waals surface area (Å²) in [5.41, 5.74) is 0.